The van der Waals surface area contributed by atoms with E-state index in [9.17, 15) is 13.2 Å². The summed E-state index contributed by atoms with van der Waals surface area (Å²) in [5.74, 6) is -0.263. The third-order valence-corrected chi connectivity index (χ3v) is 4.94. The third kappa shape index (κ3) is 6.22. The van der Waals surface area contributed by atoms with Crippen molar-refractivity contribution in [3.8, 4) is 0 Å². The molecular formula is C13H17Cl2NO4S. The van der Waals surface area contributed by atoms with Gasteiger partial charge in [0.2, 0.25) is 10.0 Å². The van der Waals surface area contributed by atoms with Crippen LogP contribution in [0.1, 0.15) is 25.7 Å². The Morgan fingerprint density at radius 3 is 2.62 bits per heavy atom. The van der Waals surface area contributed by atoms with E-state index in [4.69, 9.17) is 23.2 Å². The van der Waals surface area contributed by atoms with E-state index in [-0.39, 0.29) is 22.4 Å². The zero-order chi connectivity index (χ0) is 15.9. The van der Waals surface area contributed by atoms with Crippen LogP contribution >= 0.6 is 23.2 Å². The lowest BCUT2D eigenvalue weighted by molar-refractivity contribution is -0.140. The highest BCUT2D eigenvalue weighted by atomic mass is 35.5. The van der Waals surface area contributed by atoms with Crippen LogP contribution in [0.2, 0.25) is 10.0 Å². The predicted molar refractivity (Wildman–Crippen MR) is 82.1 cm³/mol. The van der Waals surface area contributed by atoms with Crippen LogP contribution in [0.5, 0.6) is 0 Å². The van der Waals surface area contributed by atoms with Gasteiger partial charge in [-0.3, -0.25) is 4.79 Å². The zero-order valence-corrected chi connectivity index (χ0v) is 13.9. The second-order valence-corrected chi connectivity index (χ2v) is 6.94. The van der Waals surface area contributed by atoms with Gasteiger partial charge in [0.25, 0.3) is 0 Å². The van der Waals surface area contributed by atoms with Crippen molar-refractivity contribution < 1.29 is 17.9 Å². The summed E-state index contributed by atoms with van der Waals surface area (Å²) in [6, 6.07) is 4.27. The van der Waals surface area contributed by atoms with Crippen LogP contribution in [0.25, 0.3) is 0 Å². The van der Waals surface area contributed by atoms with E-state index in [1.807, 2.05) is 0 Å². The quantitative estimate of drug-likeness (QED) is 0.575. The summed E-state index contributed by atoms with van der Waals surface area (Å²) < 4.78 is 31.1. The molecule has 0 amide bonds. The van der Waals surface area contributed by atoms with Crippen LogP contribution in [0.3, 0.4) is 0 Å². The van der Waals surface area contributed by atoms with Gasteiger partial charge >= 0.3 is 5.97 Å². The van der Waals surface area contributed by atoms with Gasteiger partial charge in [0.1, 0.15) is 4.90 Å². The molecule has 1 rings (SSSR count). The highest BCUT2D eigenvalue weighted by molar-refractivity contribution is 7.89. The lowest BCUT2D eigenvalue weighted by atomic mass is 10.2. The number of esters is 1. The Kier molecular flexibility index (Phi) is 7.45. The second-order valence-electron chi connectivity index (χ2n) is 4.36. The smallest absolute Gasteiger partial charge is 0.305 e. The van der Waals surface area contributed by atoms with Gasteiger partial charge in [-0.1, -0.05) is 29.6 Å². The van der Waals surface area contributed by atoms with Crippen LogP contribution in [0, 0.1) is 0 Å². The lowest BCUT2D eigenvalue weighted by Gasteiger charge is -2.08. The molecule has 21 heavy (non-hydrogen) atoms. The topological polar surface area (TPSA) is 72.5 Å². The number of sulfonamides is 1. The molecule has 0 aromatic heterocycles. The molecule has 0 saturated carbocycles. The van der Waals surface area contributed by atoms with Gasteiger partial charge in [-0.2, -0.15) is 0 Å². The molecule has 5 nitrogen and oxygen atoms in total. The molecule has 0 bridgehead atoms. The highest BCUT2D eigenvalue weighted by Crippen LogP contribution is 2.24. The summed E-state index contributed by atoms with van der Waals surface area (Å²) in [7, 11) is -2.34. The molecule has 1 aromatic carbocycles. The highest BCUT2D eigenvalue weighted by Gasteiger charge is 2.17. The number of hydrogen-bond donors (Lipinski definition) is 1. The molecule has 0 heterocycles. The van der Waals surface area contributed by atoms with Crippen molar-refractivity contribution in [2.24, 2.45) is 0 Å². The molecule has 1 N–H and O–H groups in total. The number of nitrogens with one attached hydrogen (secondary N) is 1. The van der Waals surface area contributed by atoms with Crippen molar-refractivity contribution in [3.05, 3.63) is 28.2 Å². The van der Waals surface area contributed by atoms with Crippen molar-refractivity contribution in [2.45, 2.75) is 30.6 Å². The Morgan fingerprint density at radius 2 is 1.95 bits per heavy atom. The molecule has 0 saturated heterocycles. The van der Waals surface area contributed by atoms with Crippen molar-refractivity contribution >= 4 is 39.2 Å². The summed E-state index contributed by atoms with van der Waals surface area (Å²) in [4.78, 5) is 10.9. The van der Waals surface area contributed by atoms with Gasteiger partial charge in [0, 0.05) is 18.0 Å². The van der Waals surface area contributed by atoms with E-state index in [1.165, 1.54) is 25.3 Å². The van der Waals surface area contributed by atoms with Crippen molar-refractivity contribution in [3.63, 3.8) is 0 Å². The van der Waals surface area contributed by atoms with E-state index in [0.29, 0.717) is 24.3 Å². The summed E-state index contributed by atoms with van der Waals surface area (Å²) in [5.41, 5.74) is 0. The number of ether oxygens (including phenoxy) is 1. The van der Waals surface area contributed by atoms with E-state index in [2.05, 4.69) is 9.46 Å². The zero-order valence-electron chi connectivity index (χ0n) is 11.6. The molecule has 0 aliphatic carbocycles. The van der Waals surface area contributed by atoms with Gasteiger partial charge in [-0.25, -0.2) is 13.1 Å². The number of carbonyl (C=O) groups excluding carboxylic acids is 1. The molecule has 0 atom stereocenters. The van der Waals surface area contributed by atoms with Gasteiger partial charge in [-0.05, 0) is 31.0 Å². The largest absolute Gasteiger partial charge is 0.469 e. The predicted octanol–water partition coefficient (Wildman–Crippen LogP) is 3.01. The number of carbonyl (C=O) groups is 1. The van der Waals surface area contributed by atoms with Crippen molar-refractivity contribution in [2.75, 3.05) is 13.7 Å². The molecule has 118 valence electrons. The van der Waals surface area contributed by atoms with Gasteiger partial charge < -0.3 is 4.74 Å². The minimum atomic E-state index is -3.68. The standard InChI is InChI=1S/C13H17Cl2NO4S/c1-20-13(17)5-3-2-4-8-16-21(18,19)12-9-10(14)6-7-11(12)15/h6-7,9,16H,2-5,8H2,1H3. The minimum Gasteiger partial charge on any atom is -0.469 e. The lowest BCUT2D eigenvalue weighted by Crippen LogP contribution is -2.25. The number of halogens is 2. The van der Waals surface area contributed by atoms with Crippen LogP contribution < -0.4 is 4.72 Å². The Bertz CT molecular complexity index is 590. The van der Waals surface area contributed by atoms with E-state index >= 15 is 0 Å². The second kappa shape index (κ2) is 8.58. The summed E-state index contributed by atoms with van der Waals surface area (Å²) in [5, 5.41) is 0.426. The van der Waals surface area contributed by atoms with Crippen LogP contribution in [-0.2, 0) is 19.6 Å². The van der Waals surface area contributed by atoms with E-state index < -0.39 is 10.0 Å². The maximum atomic E-state index is 12.1. The first-order valence-corrected chi connectivity index (χ1v) is 8.62. The number of benzene rings is 1. The molecule has 0 unspecified atom stereocenters. The molecule has 8 heteroatoms. The number of methoxy groups -OCH3 is 1. The first kappa shape index (κ1) is 18.2. The normalized spacial score (nSPS) is 11.4. The third-order valence-electron chi connectivity index (χ3n) is 2.76. The van der Waals surface area contributed by atoms with Gasteiger partial charge in [-0.15, -0.1) is 0 Å². The van der Waals surface area contributed by atoms with Gasteiger partial charge in [0.05, 0.1) is 12.1 Å². The molecule has 0 fully saturated rings. The van der Waals surface area contributed by atoms with E-state index in [1.54, 1.807) is 0 Å². The Hall–Kier alpha value is -0.820. The van der Waals surface area contributed by atoms with Crippen LogP contribution in [0.4, 0.5) is 0 Å². The first-order chi connectivity index (χ1) is 9.86. The monoisotopic (exact) mass is 353 g/mol. The minimum absolute atomic E-state index is 0.0359. The number of hydrogen-bond acceptors (Lipinski definition) is 4. The first-order valence-electron chi connectivity index (χ1n) is 6.38. The molecule has 0 spiro atoms. The maximum Gasteiger partial charge on any atom is 0.305 e. The Labute approximate surface area is 134 Å². The molecule has 0 aliphatic heterocycles. The Morgan fingerprint density at radius 1 is 1.24 bits per heavy atom. The van der Waals surface area contributed by atoms with Gasteiger partial charge in [0.15, 0.2) is 0 Å². The fourth-order valence-corrected chi connectivity index (χ4v) is 3.48. The number of rotatable bonds is 8. The molecular weight excluding hydrogens is 337 g/mol. The van der Waals surface area contributed by atoms with Crippen LogP contribution in [0.15, 0.2) is 23.1 Å². The molecule has 1 aromatic rings. The fourth-order valence-electron chi connectivity index (χ4n) is 1.64. The van der Waals surface area contributed by atoms with E-state index in [0.717, 1.165) is 6.42 Å². The summed E-state index contributed by atoms with van der Waals surface area (Å²) in [6.07, 6.45) is 2.34. The molecule has 0 aliphatic rings. The number of unbranched alkanes of at least 4 members (excludes halogenated alkanes) is 2. The van der Waals surface area contributed by atoms with Crippen LogP contribution in [-0.4, -0.2) is 28.0 Å². The summed E-state index contributed by atoms with van der Waals surface area (Å²) >= 11 is 11.6. The van der Waals surface area contributed by atoms with Crippen molar-refractivity contribution in [1.82, 2.24) is 4.72 Å². The van der Waals surface area contributed by atoms with Crippen molar-refractivity contribution in [1.29, 1.82) is 0 Å². The summed E-state index contributed by atoms with van der Waals surface area (Å²) in [6.45, 7) is 0.270. The maximum absolute atomic E-state index is 12.1. The Balaban J connectivity index is 2.43. The molecule has 0 radical (unpaired) electrons. The average Bonchev–Trinajstić information content (AvgIpc) is 2.44. The average molecular weight is 354 g/mol. The fraction of sp³-hybridized carbons (Fsp3) is 0.462. The SMILES string of the molecule is COC(=O)CCCCCNS(=O)(=O)c1cc(Cl)ccc1Cl.